The van der Waals surface area contributed by atoms with Crippen LogP contribution in [-0.2, 0) is 22.6 Å². The van der Waals surface area contributed by atoms with Gasteiger partial charge in [-0.3, -0.25) is 9.59 Å². The van der Waals surface area contributed by atoms with E-state index in [0.29, 0.717) is 24.1 Å². The van der Waals surface area contributed by atoms with Crippen LogP contribution in [0.4, 0.5) is 5.69 Å². The number of hydrogen-bond acceptors (Lipinski definition) is 6. The van der Waals surface area contributed by atoms with Crippen molar-refractivity contribution in [3.05, 3.63) is 35.7 Å². The van der Waals surface area contributed by atoms with Gasteiger partial charge in [0.2, 0.25) is 17.7 Å². The average Bonchev–Trinajstić information content (AvgIpc) is 3.29. The van der Waals surface area contributed by atoms with Gasteiger partial charge in [-0.1, -0.05) is 30.0 Å². The van der Waals surface area contributed by atoms with Crippen molar-refractivity contribution in [1.29, 1.82) is 0 Å². The minimum Gasteiger partial charge on any atom is -0.414 e. The summed E-state index contributed by atoms with van der Waals surface area (Å²) in [5, 5.41) is 8.33. The molecule has 2 aliphatic heterocycles. The van der Waals surface area contributed by atoms with Crippen molar-refractivity contribution in [2.24, 2.45) is 0 Å². The average molecular weight is 372 g/mol. The minimum absolute atomic E-state index is 0.0385. The van der Waals surface area contributed by atoms with E-state index in [-0.39, 0.29) is 17.6 Å². The summed E-state index contributed by atoms with van der Waals surface area (Å²) < 4.78 is 5.58. The van der Waals surface area contributed by atoms with E-state index in [1.807, 2.05) is 23.1 Å². The Morgan fingerprint density at radius 3 is 2.85 bits per heavy atom. The van der Waals surface area contributed by atoms with Gasteiger partial charge >= 0.3 is 0 Å². The first kappa shape index (κ1) is 17.1. The largest absolute Gasteiger partial charge is 0.414 e. The molecule has 1 fully saturated rings. The SMILES string of the molecule is O=C1CCCN1Cc1nnc(SCC(=O)N2CCCc3ccccc32)o1. The highest BCUT2D eigenvalue weighted by Crippen LogP contribution is 2.28. The van der Waals surface area contributed by atoms with Gasteiger partial charge < -0.3 is 14.2 Å². The summed E-state index contributed by atoms with van der Waals surface area (Å²) >= 11 is 1.24. The summed E-state index contributed by atoms with van der Waals surface area (Å²) in [5.41, 5.74) is 2.22. The van der Waals surface area contributed by atoms with Crippen molar-refractivity contribution >= 4 is 29.3 Å². The molecule has 4 rings (SSSR count). The molecule has 1 saturated heterocycles. The lowest BCUT2D eigenvalue weighted by Crippen LogP contribution is -2.36. The first-order chi connectivity index (χ1) is 12.7. The minimum atomic E-state index is 0.0385. The molecule has 0 N–H and O–H groups in total. The number of hydrogen-bond donors (Lipinski definition) is 0. The number of amides is 2. The third-order valence-corrected chi connectivity index (χ3v) is 5.48. The van der Waals surface area contributed by atoms with Gasteiger partial charge in [0.25, 0.3) is 5.22 Å². The van der Waals surface area contributed by atoms with Crippen LogP contribution in [-0.4, -0.2) is 45.8 Å². The van der Waals surface area contributed by atoms with E-state index in [4.69, 9.17) is 4.42 Å². The Morgan fingerprint density at radius 1 is 1.15 bits per heavy atom. The summed E-state index contributed by atoms with van der Waals surface area (Å²) in [6.45, 7) is 1.82. The van der Waals surface area contributed by atoms with Gasteiger partial charge in [-0.15, -0.1) is 10.2 Å². The number of para-hydroxylation sites is 1. The number of carbonyl (C=O) groups excluding carboxylic acids is 2. The van der Waals surface area contributed by atoms with Crippen LogP contribution < -0.4 is 4.90 Å². The molecule has 0 aliphatic carbocycles. The van der Waals surface area contributed by atoms with E-state index < -0.39 is 0 Å². The molecule has 0 atom stereocenters. The number of rotatable bonds is 5. The van der Waals surface area contributed by atoms with Crippen molar-refractivity contribution in [3.8, 4) is 0 Å². The highest BCUT2D eigenvalue weighted by atomic mass is 32.2. The number of aryl methyl sites for hydroxylation is 1. The maximum absolute atomic E-state index is 12.6. The highest BCUT2D eigenvalue weighted by Gasteiger charge is 2.24. The second-order valence-electron chi connectivity index (χ2n) is 6.45. The molecule has 7 nitrogen and oxygen atoms in total. The Hall–Kier alpha value is -2.35. The van der Waals surface area contributed by atoms with E-state index in [9.17, 15) is 9.59 Å². The van der Waals surface area contributed by atoms with Gasteiger partial charge in [0.05, 0.1) is 12.3 Å². The zero-order valence-corrected chi connectivity index (χ0v) is 15.2. The van der Waals surface area contributed by atoms with Crippen LogP contribution in [0.1, 0.15) is 30.7 Å². The predicted octanol–water partition coefficient (Wildman–Crippen LogP) is 2.26. The fourth-order valence-corrected chi connectivity index (χ4v) is 4.05. The molecule has 1 aromatic heterocycles. The maximum Gasteiger partial charge on any atom is 0.277 e. The lowest BCUT2D eigenvalue weighted by atomic mass is 10.0. The summed E-state index contributed by atoms with van der Waals surface area (Å²) in [4.78, 5) is 27.8. The number of carbonyl (C=O) groups is 2. The van der Waals surface area contributed by atoms with Gasteiger partial charge in [-0.2, -0.15) is 0 Å². The first-order valence-electron chi connectivity index (χ1n) is 8.82. The lowest BCUT2D eigenvalue weighted by Gasteiger charge is -2.29. The number of likely N-dealkylation sites (tertiary alicyclic amines) is 1. The number of nitrogens with zero attached hydrogens (tertiary/aromatic N) is 4. The Labute approximate surface area is 155 Å². The standard InChI is InChI=1S/C18H20N4O3S/c23-16-8-4-9-21(16)11-15-19-20-18(25-15)26-12-17(24)22-10-3-6-13-5-1-2-7-14(13)22/h1-2,5,7H,3-4,6,8-12H2. The molecule has 0 unspecified atom stereocenters. The second kappa shape index (κ2) is 7.49. The smallest absolute Gasteiger partial charge is 0.277 e. The van der Waals surface area contributed by atoms with E-state index >= 15 is 0 Å². The Kier molecular flexibility index (Phi) is 4.92. The van der Waals surface area contributed by atoms with Gasteiger partial charge in [-0.05, 0) is 30.9 Å². The number of anilines is 1. The van der Waals surface area contributed by atoms with E-state index in [2.05, 4.69) is 16.3 Å². The normalized spacial score (nSPS) is 16.8. The van der Waals surface area contributed by atoms with Crippen LogP contribution in [0.5, 0.6) is 0 Å². The van der Waals surface area contributed by atoms with Crippen LogP contribution in [0.2, 0.25) is 0 Å². The van der Waals surface area contributed by atoms with Crippen LogP contribution in [0.15, 0.2) is 33.9 Å². The van der Waals surface area contributed by atoms with Crippen molar-refractivity contribution in [2.45, 2.75) is 37.5 Å². The summed E-state index contributed by atoms with van der Waals surface area (Å²) in [6, 6.07) is 8.04. The molecule has 0 radical (unpaired) electrons. The first-order valence-corrected chi connectivity index (χ1v) is 9.80. The van der Waals surface area contributed by atoms with E-state index in [0.717, 1.165) is 38.0 Å². The van der Waals surface area contributed by atoms with Gasteiger partial charge in [0, 0.05) is 25.2 Å². The molecular weight excluding hydrogens is 352 g/mol. The van der Waals surface area contributed by atoms with E-state index in [1.54, 1.807) is 4.90 Å². The van der Waals surface area contributed by atoms with Gasteiger partial charge in [-0.25, -0.2) is 0 Å². The van der Waals surface area contributed by atoms with Crippen LogP contribution in [0, 0.1) is 0 Å². The zero-order chi connectivity index (χ0) is 17.9. The molecule has 8 heteroatoms. The number of aromatic nitrogens is 2. The Morgan fingerprint density at radius 2 is 2.00 bits per heavy atom. The van der Waals surface area contributed by atoms with Crippen molar-refractivity contribution < 1.29 is 14.0 Å². The lowest BCUT2D eigenvalue weighted by molar-refractivity contribution is -0.128. The second-order valence-corrected chi connectivity index (χ2v) is 7.37. The van der Waals surface area contributed by atoms with Crippen LogP contribution in [0.3, 0.4) is 0 Å². The molecule has 0 saturated carbocycles. The van der Waals surface area contributed by atoms with Crippen molar-refractivity contribution in [3.63, 3.8) is 0 Å². The third-order valence-electron chi connectivity index (χ3n) is 4.68. The fourth-order valence-electron chi connectivity index (χ4n) is 3.39. The molecular formula is C18H20N4O3S. The highest BCUT2D eigenvalue weighted by molar-refractivity contribution is 7.99. The molecule has 2 aliphatic rings. The summed E-state index contributed by atoms with van der Waals surface area (Å²) in [6.07, 6.45) is 3.44. The summed E-state index contributed by atoms with van der Waals surface area (Å²) in [5.74, 6) is 0.824. The van der Waals surface area contributed by atoms with Gasteiger partial charge in [0.1, 0.15) is 0 Å². The van der Waals surface area contributed by atoms with Crippen LogP contribution >= 0.6 is 11.8 Å². The topological polar surface area (TPSA) is 79.5 Å². The monoisotopic (exact) mass is 372 g/mol. The predicted molar refractivity (Wildman–Crippen MR) is 96.8 cm³/mol. The van der Waals surface area contributed by atoms with Crippen LogP contribution in [0.25, 0.3) is 0 Å². The molecule has 2 amide bonds. The summed E-state index contributed by atoms with van der Waals surface area (Å²) in [7, 11) is 0. The van der Waals surface area contributed by atoms with Gasteiger partial charge in [0.15, 0.2) is 0 Å². The number of thioether (sulfide) groups is 1. The Bertz CT molecular complexity index is 822. The molecule has 1 aromatic carbocycles. The van der Waals surface area contributed by atoms with Crippen molar-refractivity contribution in [2.75, 3.05) is 23.7 Å². The van der Waals surface area contributed by atoms with Crippen molar-refractivity contribution in [1.82, 2.24) is 15.1 Å². The fraction of sp³-hybridized carbons (Fsp3) is 0.444. The maximum atomic E-state index is 12.6. The van der Waals surface area contributed by atoms with E-state index in [1.165, 1.54) is 17.3 Å². The Balaban J connectivity index is 1.35. The molecule has 2 aromatic rings. The molecule has 3 heterocycles. The molecule has 136 valence electrons. The quantitative estimate of drug-likeness (QED) is 0.749. The number of benzene rings is 1. The zero-order valence-electron chi connectivity index (χ0n) is 14.4. The third kappa shape index (κ3) is 3.60. The number of fused-ring (bicyclic) bond motifs is 1. The molecule has 0 spiro atoms. The molecule has 26 heavy (non-hydrogen) atoms. The molecule has 0 bridgehead atoms.